The van der Waals surface area contributed by atoms with Crippen LogP contribution >= 0.6 is 11.6 Å². The molecule has 0 saturated carbocycles. The summed E-state index contributed by atoms with van der Waals surface area (Å²) >= 11 is 5.82. The van der Waals surface area contributed by atoms with Gasteiger partial charge in [-0.2, -0.15) is 17.5 Å². The van der Waals surface area contributed by atoms with Crippen molar-refractivity contribution in [3.05, 3.63) is 22.7 Å². The van der Waals surface area contributed by atoms with Crippen molar-refractivity contribution < 1.29 is 21.6 Å². The molecule has 0 amide bonds. The van der Waals surface area contributed by atoms with Crippen molar-refractivity contribution in [3.63, 3.8) is 0 Å². The van der Waals surface area contributed by atoms with Crippen molar-refractivity contribution in [3.8, 4) is 0 Å². The Bertz CT molecular complexity index is 579. The van der Waals surface area contributed by atoms with Gasteiger partial charge in [-0.1, -0.05) is 18.5 Å². The van der Waals surface area contributed by atoms with E-state index in [0.29, 0.717) is 9.87 Å². The number of nitrogen functional groups attached to an aromatic ring is 1. The molecular formula is C11H14ClF3N2O2S. The Balaban J connectivity index is 3.28. The van der Waals surface area contributed by atoms with Crippen LogP contribution in [0.15, 0.2) is 17.0 Å². The lowest BCUT2D eigenvalue weighted by atomic mass is 10.2. The highest BCUT2D eigenvalue weighted by atomic mass is 35.5. The molecule has 0 saturated heterocycles. The van der Waals surface area contributed by atoms with Gasteiger partial charge < -0.3 is 5.73 Å². The summed E-state index contributed by atoms with van der Waals surface area (Å²) in [4.78, 5) is -0.350. The Morgan fingerprint density at radius 2 is 1.90 bits per heavy atom. The molecule has 0 aromatic heterocycles. The zero-order chi connectivity index (χ0) is 15.7. The second-order valence-corrected chi connectivity index (χ2v) is 6.51. The molecule has 9 heteroatoms. The van der Waals surface area contributed by atoms with E-state index < -0.39 is 22.7 Å². The number of benzene rings is 1. The van der Waals surface area contributed by atoms with Crippen molar-refractivity contribution >= 4 is 27.3 Å². The molecule has 20 heavy (non-hydrogen) atoms. The molecule has 0 spiro atoms. The van der Waals surface area contributed by atoms with E-state index in [-0.39, 0.29) is 22.2 Å². The number of nitrogens with two attached hydrogens (primary N) is 1. The maximum atomic E-state index is 12.4. The second kappa shape index (κ2) is 5.79. The molecular weight excluding hydrogens is 317 g/mol. The molecule has 1 aromatic carbocycles. The highest BCUT2D eigenvalue weighted by Gasteiger charge is 2.36. The molecule has 0 fully saturated rings. The summed E-state index contributed by atoms with van der Waals surface area (Å²) in [5, 5.41) is 0.0895. The van der Waals surface area contributed by atoms with Gasteiger partial charge in [0.25, 0.3) is 0 Å². The summed E-state index contributed by atoms with van der Waals surface area (Å²) < 4.78 is 61.9. The Hall–Kier alpha value is -0.990. The van der Waals surface area contributed by atoms with E-state index in [1.54, 1.807) is 6.92 Å². The fraction of sp³-hybridized carbons (Fsp3) is 0.455. The predicted molar refractivity (Wildman–Crippen MR) is 71.1 cm³/mol. The van der Waals surface area contributed by atoms with Gasteiger partial charge in [-0.3, -0.25) is 0 Å². The minimum atomic E-state index is -4.62. The summed E-state index contributed by atoms with van der Waals surface area (Å²) in [6.07, 6.45) is -4.62. The zero-order valence-corrected chi connectivity index (χ0v) is 12.4. The Morgan fingerprint density at radius 3 is 2.30 bits per heavy atom. The smallest absolute Gasteiger partial charge is 0.398 e. The first-order chi connectivity index (χ1) is 8.99. The van der Waals surface area contributed by atoms with Crippen molar-refractivity contribution in [1.82, 2.24) is 4.31 Å². The maximum Gasteiger partial charge on any atom is 0.402 e. The average molecular weight is 331 g/mol. The van der Waals surface area contributed by atoms with Gasteiger partial charge in [-0.05, 0) is 24.6 Å². The van der Waals surface area contributed by atoms with E-state index in [1.165, 1.54) is 6.92 Å². The number of sulfonamides is 1. The summed E-state index contributed by atoms with van der Waals surface area (Å²) in [6.45, 7) is 1.04. The molecule has 0 aliphatic rings. The first-order valence-corrected chi connectivity index (χ1v) is 7.43. The van der Waals surface area contributed by atoms with Gasteiger partial charge in [-0.15, -0.1) is 0 Å². The molecule has 0 heterocycles. The van der Waals surface area contributed by atoms with Crippen LogP contribution < -0.4 is 5.73 Å². The molecule has 0 aliphatic heterocycles. The fourth-order valence-corrected chi connectivity index (χ4v) is 3.33. The van der Waals surface area contributed by atoms with E-state index in [1.807, 2.05) is 0 Å². The van der Waals surface area contributed by atoms with Gasteiger partial charge in [0.2, 0.25) is 10.0 Å². The van der Waals surface area contributed by atoms with Crippen molar-refractivity contribution in [2.24, 2.45) is 0 Å². The molecule has 0 atom stereocenters. The van der Waals surface area contributed by atoms with E-state index in [0.717, 1.165) is 12.1 Å². The van der Waals surface area contributed by atoms with Gasteiger partial charge in [0, 0.05) is 17.3 Å². The Labute approximate surface area is 120 Å². The molecule has 0 radical (unpaired) electrons. The summed E-state index contributed by atoms with van der Waals surface area (Å²) in [5.74, 6) is 0. The number of halogens is 4. The van der Waals surface area contributed by atoms with Crippen LogP contribution in [0.3, 0.4) is 0 Å². The summed E-state index contributed by atoms with van der Waals surface area (Å²) in [6, 6.07) is 2.21. The molecule has 0 bridgehead atoms. The summed E-state index contributed by atoms with van der Waals surface area (Å²) in [7, 11) is -4.30. The van der Waals surface area contributed by atoms with Gasteiger partial charge >= 0.3 is 6.18 Å². The number of nitrogens with zero attached hydrogens (tertiary/aromatic N) is 1. The maximum absolute atomic E-state index is 12.4. The minimum absolute atomic E-state index is 0.0895. The highest BCUT2D eigenvalue weighted by Crippen LogP contribution is 2.29. The fourth-order valence-electron chi connectivity index (χ4n) is 1.54. The predicted octanol–water partition coefficient (Wildman–Crippen LogP) is 2.80. The topological polar surface area (TPSA) is 63.4 Å². The molecule has 114 valence electrons. The highest BCUT2D eigenvalue weighted by molar-refractivity contribution is 7.89. The number of anilines is 1. The normalized spacial score (nSPS) is 12.9. The zero-order valence-electron chi connectivity index (χ0n) is 10.8. The number of alkyl halides is 3. The standard InChI is InChI=1S/C11H14ClF3N2O2S/c1-3-17(6-11(13,14)15)20(18,19)8-4-9(12)7(2)10(16)5-8/h4-5H,3,6,16H2,1-2H3. The van der Waals surface area contributed by atoms with Crippen LogP contribution in [0.25, 0.3) is 0 Å². The van der Waals surface area contributed by atoms with E-state index in [2.05, 4.69) is 0 Å². The van der Waals surface area contributed by atoms with Crippen LogP contribution in [0.2, 0.25) is 5.02 Å². The lowest BCUT2D eigenvalue weighted by Crippen LogP contribution is -2.38. The first-order valence-electron chi connectivity index (χ1n) is 5.61. The van der Waals surface area contributed by atoms with Crippen molar-refractivity contribution in [2.45, 2.75) is 24.9 Å². The number of rotatable bonds is 4. The van der Waals surface area contributed by atoms with Crippen molar-refractivity contribution in [1.29, 1.82) is 0 Å². The quantitative estimate of drug-likeness (QED) is 0.863. The van der Waals surface area contributed by atoms with Gasteiger partial charge in [-0.25, -0.2) is 8.42 Å². The van der Waals surface area contributed by atoms with Crippen molar-refractivity contribution in [2.75, 3.05) is 18.8 Å². The first kappa shape index (κ1) is 17.1. The molecule has 0 aliphatic carbocycles. The molecule has 1 aromatic rings. The number of hydrogen-bond donors (Lipinski definition) is 1. The lowest BCUT2D eigenvalue weighted by Gasteiger charge is -2.22. The van der Waals surface area contributed by atoms with Gasteiger partial charge in [0.1, 0.15) is 6.54 Å². The Morgan fingerprint density at radius 1 is 1.35 bits per heavy atom. The third-order valence-corrected chi connectivity index (χ3v) is 5.00. The van der Waals surface area contributed by atoms with Crippen LogP contribution in [-0.4, -0.2) is 32.0 Å². The number of hydrogen-bond acceptors (Lipinski definition) is 3. The monoisotopic (exact) mass is 330 g/mol. The second-order valence-electron chi connectivity index (χ2n) is 4.17. The van der Waals surface area contributed by atoms with Crippen LogP contribution in [0.4, 0.5) is 18.9 Å². The Kier molecular flexibility index (Phi) is 4.94. The van der Waals surface area contributed by atoms with Crippen LogP contribution in [-0.2, 0) is 10.0 Å². The van der Waals surface area contributed by atoms with Crippen LogP contribution in [0.1, 0.15) is 12.5 Å². The minimum Gasteiger partial charge on any atom is -0.398 e. The third kappa shape index (κ3) is 3.77. The largest absolute Gasteiger partial charge is 0.402 e. The average Bonchev–Trinajstić information content (AvgIpc) is 2.30. The van der Waals surface area contributed by atoms with Crippen LogP contribution in [0.5, 0.6) is 0 Å². The van der Waals surface area contributed by atoms with Gasteiger partial charge in [0.05, 0.1) is 4.90 Å². The summed E-state index contributed by atoms with van der Waals surface area (Å²) in [5.41, 5.74) is 6.18. The SMILES string of the molecule is CCN(CC(F)(F)F)S(=O)(=O)c1cc(N)c(C)c(Cl)c1. The molecule has 1 rings (SSSR count). The van der Waals surface area contributed by atoms with Crippen LogP contribution in [0, 0.1) is 6.92 Å². The van der Waals surface area contributed by atoms with E-state index in [9.17, 15) is 21.6 Å². The molecule has 2 N–H and O–H groups in total. The van der Waals surface area contributed by atoms with E-state index >= 15 is 0 Å². The van der Waals surface area contributed by atoms with E-state index in [4.69, 9.17) is 17.3 Å². The third-order valence-electron chi connectivity index (χ3n) is 2.70. The lowest BCUT2D eigenvalue weighted by molar-refractivity contribution is -0.135. The molecule has 0 unspecified atom stereocenters. The van der Waals surface area contributed by atoms with Gasteiger partial charge in [0.15, 0.2) is 0 Å². The molecule has 4 nitrogen and oxygen atoms in total.